The van der Waals surface area contributed by atoms with Crippen molar-refractivity contribution in [2.75, 3.05) is 13.2 Å². The van der Waals surface area contributed by atoms with E-state index >= 15 is 0 Å². The Hall–Kier alpha value is -0.0800. The Morgan fingerprint density at radius 1 is 1.12 bits per heavy atom. The van der Waals surface area contributed by atoms with Gasteiger partial charge in [-0.05, 0) is 55.8 Å². The zero-order valence-electron chi connectivity index (χ0n) is 9.90. The highest BCUT2D eigenvalue weighted by molar-refractivity contribution is 5.12. The molecule has 2 heteroatoms. The highest BCUT2D eigenvalue weighted by Crippen LogP contribution is 2.64. The lowest BCUT2D eigenvalue weighted by Crippen LogP contribution is -2.47. The van der Waals surface area contributed by atoms with Crippen molar-refractivity contribution in [3.8, 4) is 0 Å². The van der Waals surface area contributed by atoms with Gasteiger partial charge in [0.15, 0.2) is 0 Å². The predicted octanol–water partition coefficient (Wildman–Crippen LogP) is 2.21. The van der Waals surface area contributed by atoms with Gasteiger partial charge in [0.25, 0.3) is 0 Å². The van der Waals surface area contributed by atoms with Crippen molar-refractivity contribution >= 4 is 0 Å². The monoisotopic (exact) mass is 222 g/mol. The van der Waals surface area contributed by atoms with Crippen molar-refractivity contribution in [2.45, 2.75) is 44.1 Å². The Kier molecular flexibility index (Phi) is 2.00. The summed E-state index contributed by atoms with van der Waals surface area (Å²) in [6, 6.07) is 0. The molecule has 3 aliphatic carbocycles. The molecule has 4 fully saturated rings. The first-order valence-electron chi connectivity index (χ1n) is 7.09. The van der Waals surface area contributed by atoms with E-state index in [4.69, 9.17) is 4.74 Å². The largest absolute Gasteiger partial charge is 0.389 e. The van der Waals surface area contributed by atoms with Gasteiger partial charge in [-0.1, -0.05) is 6.42 Å². The molecule has 0 spiro atoms. The smallest absolute Gasteiger partial charge is 0.0732 e. The quantitative estimate of drug-likeness (QED) is 0.737. The summed E-state index contributed by atoms with van der Waals surface area (Å²) >= 11 is 0. The highest BCUT2D eigenvalue weighted by atomic mass is 16.5. The molecule has 0 aromatic carbocycles. The minimum absolute atomic E-state index is 0.341. The second-order valence-electron chi connectivity index (χ2n) is 6.62. The van der Waals surface area contributed by atoms with Crippen molar-refractivity contribution in [3.05, 3.63) is 0 Å². The van der Waals surface area contributed by atoms with Gasteiger partial charge in [-0.25, -0.2) is 0 Å². The minimum Gasteiger partial charge on any atom is -0.389 e. The molecule has 3 saturated carbocycles. The maximum atomic E-state index is 11.0. The second-order valence-corrected chi connectivity index (χ2v) is 6.62. The second kappa shape index (κ2) is 3.23. The number of fused-ring (bicyclic) bond motifs is 5. The van der Waals surface area contributed by atoms with Crippen molar-refractivity contribution < 1.29 is 9.84 Å². The summed E-state index contributed by atoms with van der Waals surface area (Å²) in [4.78, 5) is 0. The van der Waals surface area contributed by atoms with Crippen LogP contribution in [0.25, 0.3) is 0 Å². The first kappa shape index (κ1) is 9.90. The Labute approximate surface area is 97.4 Å². The van der Waals surface area contributed by atoms with Crippen LogP contribution in [0.2, 0.25) is 0 Å². The molecule has 1 N–H and O–H groups in total. The molecule has 1 saturated heterocycles. The van der Waals surface area contributed by atoms with Gasteiger partial charge in [-0.2, -0.15) is 0 Å². The summed E-state index contributed by atoms with van der Waals surface area (Å²) in [5.74, 6) is 3.76. The van der Waals surface area contributed by atoms with Crippen molar-refractivity contribution in [1.29, 1.82) is 0 Å². The lowest BCUT2D eigenvalue weighted by Gasteiger charge is -2.42. The van der Waals surface area contributed by atoms with Crippen molar-refractivity contribution in [3.63, 3.8) is 0 Å². The first-order chi connectivity index (χ1) is 7.79. The summed E-state index contributed by atoms with van der Waals surface area (Å²) in [6.07, 6.45) is 7.76. The molecule has 90 valence electrons. The predicted molar refractivity (Wildman–Crippen MR) is 60.9 cm³/mol. The Bertz CT molecular complexity index is 297. The summed E-state index contributed by atoms with van der Waals surface area (Å²) in [7, 11) is 0. The van der Waals surface area contributed by atoms with Crippen LogP contribution in [-0.4, -0.2) is 23.9 Å². The van der Waals surface area contributed by atoms with Crippen LogP contribution >= 0.6 is 0 Å². The molecule has 2 bridgehead atoms. The molecular weight excluding hydrogens is 200 g/mol. The van der Waals surface area contributed by atoms with Crippen LogP contribution in [0.15, 0.2) is 0 Å². The van der Waals surface area contributed by atoms with E-state index in [0.717, 1.165) is 43.8 Å². The van der Waals surface area contributed by atoms with E-state index in [2.05, 4.69) is 0 Å². The lowest BCUT2D eigenvalue weighted by molar-refractivity contribution is -0.0912. The summed E-state index contributed by atoms with van der Waals surface area (Å²) in [5.41, 5.74) is -0.341. The van der Waals surface area contributed by atoms with Gasteiger partial charge in [0.05, 0.1) is 12.2 Å². The average molecular weight is 222 g/mol. The third-order valence-electron chi connectivity index (χ3n) is 6.17. The van der Waals surface area contributed by atoms with Crippen LogP contribution in [-0.2, 0) is 4.74 Å². The molecule has 0 amide bonds. The topological polar surface area (TPSA) is 29.5 Å². The lowest BCUT2D eigenvalue weighted by atomic mass is 9.67. The summed E-state index contributed by atoms with van der Waals surface area (Å²) in [6.45, 7) is 1.69. The summed E-state index contributed by atoms with van der Waals surface area (Å²) < 4.78 is 5.49. The molecule has 0 radical (unpaired) electrons. The molecule has 16 heavy (non-hydrogen) atoms. The molecule has 6 unspecified atom stereocenters. The van der Waals surface area contributed by atoms with E-state index in [9.17, 15) is 5.11 Å². The van der Waals surface area contributed by atoms with Crippen LogP contribution in [0.3, 0.4) is 0 Å². The molecule has 1 heterocycles. The van der Waals surface area contributed by atoms with E-state index in [0.29, 0.717) is 11.8 Å². The molecule has 4 rings (SSSR count). The maximum Gasteiger partial charge on any atom is 0.0732 e. The standard InChI is InChI=1S/C14H22O2/c15-14(10-4-5-16-8-10)7-9-6-13(14)12-3-1-2-11(9)12/h9-13,15H,1-8H2. The highest BCUT2D eigenvalue weighted by Gasteiger charge is 2.62. The number of hydrogen-bond acceptors (Lipinski definition) is 2. The fourth-order valence-corrected chi connectivity index (χ4v) is 5.56. The average Bonchev–Trinajstić information content (AvgIpc) is 3.00. The van der Waals surface area contributed by atoms with Crippen molar-refractivity contribution in [1.82, 2.24) is 0 Å². The van der Waals surface area contributed by atoms with Gasteiger partial charge in [0, 0.05) is 12.5 Å². The van der Waals surface area contributed by atoms with Crippen LogP contribution < -0.4 is 0 Å². The number of aliphatic hydroxyl groups is 1. The van der Waals surface area contributed by atoms with E-state index in [1.54, 1.807) is 0 Å². The third-order valence-corrected chi connectivity index (χ3v) is 6.17. The molecule has 2 nitrogen and oxygen atoms in total. The van der Waals surface area contributed by atoms with E-state index in [-0.39, 0.29) is 5.60 Å². The SMILES string of the molecule is OC1(C2CCOC2)CC2CC1C1CCCC21. The van der Waals surface area contributed by atoms with Crippen molar-refractivity contribution in [2.24, 2.45) is 29.6 Å². The van der Waals surface area contributed by atoms with E-state index in [1.165, 1.54) is 25.7 Å². The van der Waals surface area contributed by atoms with Gasteiger partial charge >= 0.3 is 0 Å². The zero-order chi connectivity index (χ0) is 10.8. The first-order valence-corrected chi connectivity index (χ1v) is 7.09. The molecule has 4 aliphatic rings. The zero-order valence-corrected chi connectivity index (χ0v) is 9.90. The maximum absolute atomic E-state index is 11.0. The van der Waals surface area contributed by atoms with Gasteiger partial charge < -0.3 is 9.84 Å². The molecule has 0 aromatic rings. The number of ether oxygens (including phenoxy) is 1. The number of rotatable bonds is 1. The molecule has 0 aromatic heterocycles. The summed E-state index contributed by atoms with van der Waals surface area (Å²) in [5, 5.41) is 11.0. The van der Waals surface area contributed by atoms with Gasteiger partial charge in [0.1, 0.15) is 0 Å². The van der Waals surface area contributed by atoms with Crippen LogP contribution in [0.4, 0.5) is 0 Å². The van der Waals surface area contributed by atoms with E-state index in [1.807, 2.05) is 0 Å². The Morgan fingerprint density at radius 3 is 2.81 bits per heavy atom. The fourth-order valence-electron chi connectivity index (χ4n) is 5.56. The number of hydrogen-bond donors (Lipinski definition) is 1. The molecule has 1 aliphatic heterocycles. The third kappa shape index (κ3) is 1.10. The van der Waals surface area contributed by atoms with E-state index < -0.39 is 0 Å². The van der Waals surface area contributed by atoms with Crippen LogP contribution in [0.1, 0.15) is 38.5 Å². The van der Waals surface area contributed by atoms with Gasteiger partial charge in [-0.3, -0.25) is 0 Å². The minimum atomic E-state index is -0.341. The van der Waals surface area contributed by atoms with Gasteiger partial charge in [0.2, 0.25) is 0 Å². The van der Waals surface area contributed by atoms with Crippen LogP contribution in [0, 0.1) is 29.6 Å². The van der Waals surface area contributed by atoms with Gasteiger partial charge in [-0.15, -0.1) is 0 Å². The molecular formula is C14H22O2. The Morgan fingerprint density at radius 2 is 2.00 bits per heavy atom. The molecule has 6 atom stereocenters. The fraction of sp³-hybridized carbons (Fsp3) is 1.00. The van der Waals surface area contributed by atoms with Crippen LogP contribution in [0.5, 0.6) is 0 Å². The Balaban J connectivity index is 1.62. The normalized spacial score (nSPS) is 59.4.